The van der Waals surface area contributed by atoms with E-state index in [2.05, 4.69) is 10.3 Å². The molecule has 0 unspecified atom stereocenters. The van der Waals surface area contributed by atoms with Crippen molar-refractivity contribution in [3.05, 3.63) is 64.7 Å². The van der Waals surface area contributed by atoms with Crippen molar-refractivity contribution in [3.63, 3.8) is 0 Å². The lowest BCUT2D eigenvalue weighted by atomic mass is 10.1. The number of halogens is 1. The third-order valence-corrected chi connectivity index (χ3v) is 2.93. The van der Waals surface area contributed by atoms with Gasteiger partial charge < -0.3 is 5.32 Å². The third kappa shape index (κ3) is 3.36. The van der Waals surface area contributed by atoms with Crippen LogP contribution in [0.1, 0.15) is 22.4 Å². The van der Waals surface area contributed by atoms with Crippen LogP contribution in [0, 0.1) is 24.1 Å². The highest BCUT2D eigenvalue weighted by Crippen LogP contribution is 2.10. The minimum atomic E-state index is -0.352. The van der Waals surface area contributed by atoms with Crippen molar-refractivity contribution < 1.29 is 4.39 Å². The van der Waals surface area contributed by atoms with E-state index in [9.17, 15) is 4.39 Å². The van der Waals surface area contributed by atoms with Crippen LogP contribution in [0.5, 0.6) is 0 Å². The molecule has 0 saturated heterocycles. The van der Waals surface area contributed by atoms with E-state index < -0.39 is 0 Å². The van der Waals surface area contributed by atoms with E-state index in [0.29, 0.717) is 24.2 Å². The minimum Gasteiger partial charge on any atom is -0.308 e. The Kier molecular flexibility index (Phi) is 4.22. The molecule has 1 heterocycles. The summed E-state index contributed by atoms with van der Waals surface area (Å²) in [6.07, 6.45) is 1.75. The van der Waals surface area contributed by atoms with Gasteiger partial charge in [-0.3, -0.25) is 4.98 Å². The number of hydrogen-bond acceptors (Lipinski definition) is 3. The molecule has 0 saturated carbocycles. The first kappa shape index (κ1) is 13.2. The summed E-state index contributed by atoms with van der Waals surface area (Å²) in [5, 5.41) is 11.8. The van der Waals surface area contributed by atoms with Crippen molar-refractivity contribution in [2.45, 2.75) is 20.0 Å². The van der Waals surface area contributed by atoms with Gasteiger partial charge in [-0.1, -0.05) is 12.1 Å². The maximum absolute atomic E-state index is 13.6. The lowest BCUT2D eigenvalue weighted by molar-refractivity contribution is 0.587. The van der Waals surface area contributed by atoms with Crippen LogP contribution in [0.2, 0.25) is 0 Å². The molecule has 19 heavy (non-hydrogen) atoms. The summed E-state index contributed by atoms with van der Waals surface area (Å²) in [5.74, 6) is -0.352. The van der Waals surface area contributed by atoms with Gasteiger partial charge in [0.15, 0.2) is 0 Å². The van der Waals surface area contributed by atoms with Gasteiger partial charge in [0.2, 0.25) is 0 Å². The number of benzene rings is 1. The topological polar surface area (TPSA) is 48.7 Å². The fraction of sp³-hybridized carbons (Fsp3) is 0.200. The number of nitrogens with zero attached hydrogens (tertiary/aromatic N) is 2. The lowest BCUT2D eigenvalue weighted by Crippen LogP contribution is -2.14. The van der Waals surface area contributed by atoms with Gasteiger partial charge in [-0.05, 0) is 30.7 Å². The van der Waals surface area contributed by atoms with E-state index in [4.69, 9.17) is 5.26 Å². The molecule has 1 N–H and O–H groups in total. The minimum absolute atomic E-state index is 0.337. The fourth-order valence-corrected chi connectivity index (χ4v) is 1.80. The SMILES string of the molecule is Cc1ncccc1CNCc1ccc(C#N)cc1F. The van der Waals surface area contributed by atoms with Crippen LogP contribution in [-0.4, -0.2) is 4.98 Å². The Morgan fingerprint density at radius 1 is 1.26 bits per heavy atom. The van der Waals surface area contributed by atoms with Crippen molar-refractivity contribution in [1.29, 1.82) is 5.26 Å². The number of rotatable bonds is 4. The summed E-state index contributed by atoms with van der Waals surface area (Å²) in [5.41, 5.74) is 2.96. The van der Waals surface area contributed by atoms with E-state index in [0.717, 1.165) is 11.3 Å². The first-order chi connectivity index (χ1) is 9.20. The summed E-state index contributed by atoms with van der Waals surface area (Å²) in [7, 11) is 0. The largest absolute Gasteiger partial charge is 0.308 e. The average Bonchev–Trinajstić information content (AvgIpc) is 2.42. The van der Waals surface area contributed by atoms with E-state index in [-0.39, 0.29) is 5.82 Å². The zero-order valence-corrected chi connectivity index (χ0v) is 10.7. The predicted molar refractivity (Wildman–Crippen MR) is 70.6 cm³/mol. The summed E-state index contributed by atoms with van der Waals surface area (Å²) in [6, 6.07) is 10.3. The maximum atomic E-state index is 13.6. The number of hydrogen-bond donors (Lipinski definition) is 1. The van der Waals surface area contributed by atoms with Crippen molar-refractivity contribution in [1.82, 2.24) is 10.3 Å². The second-order valence-electron chi connectivity index (χ2n) is 4.27. The highest BCUT2D eigenvalue weighted by atomic mass is 19.1. The van der Waals surface area contributed by atoms with Gasteiger partial charge in [0, 0.05) is 30.5 Å². The second kappa shape index (κ2) is 6.07. The van der Waals surface area contributed by atoms with E-state index in [1.54, 1.807) is 18.3 Å². The molecule has 0 aliphatic heterocycles. The maximum Gasteiger partial charge on any atom is 0.129 e. The first-order valence-electron chi connectivity index (χ1n) is 6.00. The molecule has 3 nitrogen and oxygen atoms in total. The molecule has 0 aliphatic rings. The molecular formula is C15H14FN3. The zero-order valence-electron chi connectivity index (χ0n) is 10.7. The molecular weight excluding hydrogens is 241 g/mol. The Balaban J connectivity index is 1.97. The van der Waals surface area contributed by atoms with E-state index >= 15 is 0 Å². The molecule has 96 valence electrons. The quantitative estimate of drug-likeness (QED) is 0.913. The van der Waals surface area contributed by atoms with Crippen LogP contribution in [0.4, 0.5) is 4.39 Å². The Labute approximate surface area is 111 Å². The van der Waals surface area contributed by atoms with Crippen molar-refractivity contribution in [2.75, 3.05) is 0 Å². The van der Waals surface area contributed by atoms with Crippen LogP contribution in [0.15, 0.2) is 36.5 Å². The van der Waals surface area contributed by atoms with Crippen LogP contribution in [0.25, 0.3) is 0 Å². The Hall–Kier alpha value is -2.25. The highest BCUT2D eigenvalue weighted by molar-refractivity contribution is 5.32. The molecule has 1 aromatic heterocycles. The van der Waals surface area contributed by atoms with Crippen molar-refractivity contribution in [3.8, 4) is 6.07 Å². The molecule has 2 rings (SSSR count). The van der Waals surface area contributed by atoms with Crippen LogP contribution in [-0.2, 0) is 13.1 Å². The van der Waals surface area contributed by atoms with Gasteiger partial charge in [-0.2, -0.15) is 5.26 Å². The first-order valence-corrected chi connectivity index (χ1v) is 6.00. The van der Waals surface area contributed by atoms with Crippen LogP contribution >= 0.6 is 0 Å². The third-order valence-electron chi connectivity index (χ3n) is 2.93. The highest BCUT2D eigenvalue weighted by Gasteiger charge is 2.04. The monoisotopic (exact) mass is 255 g/mol. The van der Waals surface area contributed by atoms with Gasteiger partial charge in [-0.15, -0.1) is 0 Å². The average molecular weight is 255 g/mol. The van der Waals surface area contributed by atoms with Gasteiger partial charge in [0.25, 0.3) is 0 Å². The molecule has 0 amide bonds. The number of pyridine rings is 1. The summed E-state index contributed by atoms with van der Waals surface area (Å²) in [6.45, 7) is 3.00. The van der Waals surface area contributed by atoms with Gasteiger partial charge in [0.05, 0.1) is 11.6 Å². The standard InChI is InChI=1S/C15H14FN3/c1-11-13(3-2-6-19-11)9-18-10-14-5-4-12(8-17)7-15(14)16/h2-7,18H,9-10H2,1H3. The molecule has 0 fully saturated rings. The Morgan fingerprint density at radius 3 is 2.74 bits per heavy atom. The van der Waals surface area contributed by atoms with Crippen LogP contribution < -0.4 is 5.32 Å². The second-order valence-corrected chi connectivity index (χ2v) is 4.27. The number of nitriles is 1. The zero-order chi connectivity index (χ0) is 13.7. The number of aryl methyl sites for hydroxylation is 1. The lowest BCUT2D eigenvalue weighted by Gasteiger charge is -2.08. The smallest absolute Gasteiger partial charge is 0.129 e. The Bertz CT molecular complexity index is 617. The summed E-state index contributed by atoms with van der Waals surface area (Å²) in [4.78, 5) is 4.19. The number of aromatic nitrogens is 1. The van der Waals surface area contributed by atoms with Gasteiger partial charge in [0.1, 0.15) is 5.82 Å². The van der Waals surface area contributed by atoms with Crippen molar-refractivity contribution in [2.24, 2.45) is 0 Å². The molecule has 0 aliphatic carbocycles. The Morgan fingerprint density at radius 2 is 2.05 bits per heavy atom. The predicted octanol–water partition coefficient (Wildman–Crippen LogP) is 2.69. The molecule has 1 aromatic carbocycles. The molecule has 2 aromatic rings. The molecule has 4 heteroatoms. The van der Waals surface area contributed by atoms with Crippen molar-refractivity contribution >= 4 is 0 Å². The molecule has 0 radical (unpaired) electrons. The van der Waals surface area contributed by atoms with Crippen LogP contribution in [0.3, 0.4) is 0 Å². The molecule has 0 atom stereocenters. The summed E-state index contributed by atoms with van der Waals surface area (Å²) < 4.78 is 13.6. The summed E-state index contributed by atoms with van der Waals surface area (Å²) >= 11 is 0. The van der Waals surface area contributed by atoms with E-state index in [1.807, 2.05) is 25.1 Å². The normalized spacial score (nSPS) is 10.2. The molecule has 0 spiro atoms. The van der Waals surface area contributed by atoms with Gasteiger partial charge in [-0.25, -0.2) is 4.39 Å². The fourth-order valence-electron chi connectivity index (χ4n) is 1.80. The van der Waals surface area contributed by atoms with Gasteiger partial charge >= 0.3 is 0 Å². The molecule has 0 bridgehead atoms. The van der Waals surface area contributed by atoms with E-state index in [1.165, 1.54) is 6.07 Å². The number of nitrogens with one attached hydrogen (secondary N) is 1.